The van der Waals surface area contributed by atoms with Crippen molar-refractivity contribution >= 4 is 45.5 Å². The SMILES string of the molecule is CC#Cc1c2c(c(C)c3nsnc13)N=S=N2. The molecule has 1 aliphatic heterocycles. The van der Waals surface area contributed by atoms with Crippen molar-refractivity contribution in [3.63, 3.8) is 0 Å². The van der Waals surface area contributed by atoms with Crippen molar-refractivity contribution in [3.8, 4) is 11.8 Å². The van der Waals surface area contributed by atoms with E-state index < -0.39 is 0 Å². The van der Waals surface area contributed by atoms with Gasteiger partial charge in [-0.05, 0) is 13.8 Å². The van der Waals surface area contributed by atoms with Crippen LogP contribution in [0.15, 0.2) is 8.73 Å². The maximum atomic E-state index is 4.29. The van der Waals surface area contributed by atoms with Gasteiger partial charge in [-0.2, -0.15) is 17.5 Å². The predicted molar refractivity (Wildman–Crippen MR) is 66.2 cm³/mol. The number of fused-ring (bicyclic) bond motifs is 2. The summed E-state index contributed by atoms with van der Waals surface area (Å²) in [6.07, 6.45) is 0. The Kier molecular flexibility index (Phi) is 2.09. The molecule has 2 aromatic rings. The molecule has 2 heterocycles. The van der Waals surface area contributed by atoms with Gasteiger partial charge in [0.2, 0.25) is 0 Å². The summed E-state index contributed by atoms with van der Waals surface area (Å²) >= 11 is 2.40. The van der Waals surface area contributed by atoms with Gasteiger partial charge >= 0.3 is 0 Å². The van der Waals surface area contributed by atoms with E-state index in [9.17, 15) is 0 Å². The minimum atomic E-state index is 0.844. The Morgan fingerprint density at radius 2 is 1.81 bits per heavy atom. The summed E-state index contributed by atoms with van der Waals surface area (Å²) < 4.78 is 17.2. The molecule has 78 valence electrons. The number of aromatic nitrogens is 2. The lowest BCUT2D eigenvalue weighted by atomic mass is 10.0. The normalized spacial score (nSPS) is 12.1. The van der Waals surface area contributed by atoms with Crippen molar-refractivity contribution in [2.75, 3.05) is 0 Å². The summed E-state index contributed by atoms with van der Waals surface area (Å²) in [4.78, 5) is 0. The minimum absolute atomic E-state index is 0.844. The van der Waals surface area contributed by atoms with Crippen LogP contribution in [-0.2, 0) is 11.4 Å². The molecule has 0 amide bonds. The molecule has 0 unspecified atom stereocenters. The van der Waals surface area contributed by atoms with Gasteiger partial charge < -0.3 is 0 Å². The molecule has 1 aromatic heterocycles. The zero-order chi connectivity index (χ0) is 11.1. The maximum absolute atomic E-state index is 4.29. The number of nitrogens with zero attached hydrogens (tertiary/aromatic N) is 4. The second-order valence-electron chi connectivity index (χ2n) is 3.30. The predicted octanol–water partition coefficient (Wildman–Crippen LogP) is 3.10. The summed E-state index contributed by atoms with van der Waals surface area (Å²) in [6.45, 7) is 3.80. The topological polar surface area (TPSA) is 50.5 Å². The molecule has 0 saturated heterocycles. The van der Waals surface area contributed by atoms with Crippen LogP contribution < -0.4 is 0 Å². The average molecular weight is 246 g/mol. The van der Waals surface area contributed by atoms with Crippen LogP contribution >= 0.6 is 11.7 Å². The second kappa shape index (κ2) is 3.47. The van der Waals surface area contributed by atoms with Crippen LogP contribution in [0.4, 0.5) is 11.4 Å². The monoisotopic (exact) mass is 246 g/mol. The minimum Gasteiger partial charge on any atom is -0.173 e. The van der Waals surface area contributed by atoms with Gasteiger partial charge in [0, 0.05) is 5.56 Å². The van der Waals surface area contributed by atoms with Gasteiger partial charge in [-0.1, -0.05) is 5.92 Å². The molecule has 0 fully saturated rings. The lowest BCUT2D eigenvalue weighted by Gasteiger charge is -2.03. The molecule has 0 bridgehead atoms. The zero-order valence-corrected chi connectivity index (χ0v) is 10.2. The molecule has 6 heteroatoms. The Morgan fingerprint density at radius 3 is 2.62 bits per heavy atom. The fourth-order valence-corrected chi connectivity index (χ4v) is 2.88. The van der Waals surface area contributed by atoms with Gasteiger partial charge in [0.05, 0.1) is 28.6 Å². The first kappa shape index (κ1) is 9.63. The first-order valence-electron chi connectivity index (χ1n) is 4.62. The summed E-state index contributed by atoms with van der Waals surface area (Å²) in [5.74, 6) is 5.94. The molecule has 0 N–H and O–H groups in total. The van der Waals surface area contributed by atoms with E-state index in [-0.39, 0.29) is 0 Å². The van der Waals surface area contributed by atoms with Crippen molar-refractivity contribution in [1.82, 2.24) is 8.75 Å². The zero-order valence-electron chi connectivity index (χ0n) is 8.61. The first-order chi connectivity index (χ1) is 7.83. The van der Waals surface area contributed by atoms with Crippen molar-refractivity contribution in [3.05, 3.63) is 11.1 Å². The fraction of sp³-hybridized carbons (Fsp3) is 0.200. The summed E-state index contributed by atoms with van der Waals surface area (Å²) in [5.41, 5.74) is 5.36. The van der Waals surface area contributed by atoms with Crippen molar-refractivity contribution in [1.29, 1.82) is 0 Å². The van der Waals surface area contributed by atoms with Gasteiger partial charge in [0.15, 0.2) is 0 Å². The van der Waals surface area contributed by atoms with E-state index in [1.165, 1.54) is 23.1 Å². The van der Waals surface area contributed by atoms with Crippen molar-refractivity contribution in [2.45, 2.75) is 13.8 Å². The van der Waals surface area contributed by atoms with E-state index in [2.05, 4.69) is 29.3 Å². The average Bonchev–Trinajstić information content (AvgIpc) is 2.92. The standard InChI is InChI=1S/C10H6N4S2/c1-3-4-6-9-7(11-15-13-9)5(2)8-10(6)14-16-12-8/h1-2H3. The van der Waals surface area contributed by atoms with E-state index in [0.717, 1.165) is 33.5 Å². The number of rotatable bonds is 0. The number of hydrogen-bond acceptors (Lipinski definition) is 5. The highest BCUT2D eigenvalue weighted by atomic mass is 32.1. The smallest absolute Gasteiger partial charge is 0.123 e. The van der Waals surface area contributed by atoms with Crippen LogP contribution in [0.1, 0.15) is 18.1 Å². The van der Waals surface area contributed by atoms with Crippen LogP contribution in [0, 0.1) is 18.8 Å². The molecule has 16 heavy (non-hydrogen) atoms. The highest BCUT2D eigenvalue weighted by molar-refractivity contribution is 7.58. The largest absolute Gasteiger partial charge is 0.173 e. The van der Waals surface area contributed by atoms with Crippen LogP contribution in [0.5, 0.6) is 0 Å². The molecule has 1 aliphatic rings. The van der Waals surface area contributed by atoms with Gasteiger partial charge in [0.1, 0.15) is 22.4 Å². The van der Waals surface area contributed by atoms with E-state index >= 15 is 0 Å². The van der Waals surface area contributed by atoms with Crippen LogP contribution in [0.3, 0.4) is 0 Å². The highest BCUT2D eigenvalue weighted by Gasteiger charge is 2.20. The Balaban J connectivity index is 2.55. The lowest BCUT2D eigenvalue weighted by Crippen LogP contribution is -1.85. The molecule has 0 spiro atoms. The van der Waals surface area contributed by atoms with Gasteiger partial charge in [0.25, 0.3) is 0 Å². The Morgan fingerprint density at radius 1 is 1.06 bits per heavy atom. The summed E-state index contributed by atoms with van der Waals surface area (Å²) in [7, 11) is 0. The summed E-state index contributed by atoms with van der Waals surface area (Å²) in [5, 5.41) is 0. The third kappa shape index (κ3) is 1.16. The molecule has 1 aromatic carbocycles. The second-order valence-corrected chi connectivity index (χ2v) is 4.35. The number of benzene rings is 1. The third-order valence-corrected chi connectivity index (χ3v) is 3.47. The molecule has 4 nitrogen and oxygen atoms in total. The molecule has 3 rings (SSSR count). The highest BCUT2D eigenvalue weighted by Crippen LogP contribution is 2.42. The molecular formula is C10H6N4S2. The molecule has 0 atom stereocenters. The Labute approximate surface area is 99.9 Å². The van der Waals surface area contributed by atoms with Crippen molar-refractivity contribution in [2.24, 2.45) is 8.73 Å². The van der Waals surface area contributed by atoms with Gasteiger partial charge in [-0.3, -0.25) is 0 Å². The van der Waals surface area contributed by atoms with Gasteiger partial charge in [-0.25, -0.2) is 0 Å². The summed E-state index contributed by atoms with van der Waals surface area (Å²) in [6, 6.07) is 0. The quantitative estimate of drug-likeness (QED) is 0.572. The van der Waals surface area contributed by atoms with Crippen molar-refractivity contribution < 1.29 is 0 Å². The Bertz CT molecular complexity index is 727. The number of aryl methyl sites for hydroxylation is 1. The fourth-order valence-electron chi connectivity index (χ4n) is 1.66. The molecule has 0 saturated carbocycles. The van der Waals surface area contributed by atoms with Gasteiger partial charge in [-0.15, -0.1) is 5.92 Å². The lowest BCUT2D eigenvalue weighted by molar-refractivity contribution is 1.42. The molecule has 0 aliphatic carbocycles. The van der Waals surface area contributed by atoms with Crippen LogP contribution in [0.25, 0.3) is 11.0 Å². The Hall–Kier alpha value is -1.58. The van der Waals surface area contributed by atoms with Crippen LogP contribution in [-0.4, -0.2) is 8.75 Å². The van der Waals surface area contributed by atoms with E-state index in [1.54, 1.807) is 6.92 Å². The van der Waals surface area contributed by atoms with E-state index in [1.807, 2.05) is 6.92 Å². The number of hydrogen-bond donors (Lipinski definition) is 0. The maximum Gasteiger partial charge on any atom is 0.123 e. The van der Waals surface area contributed by atoms with E-state index in [0.29, 0.717) is 0 Å². The van der Waals surface area contributed by atoms with E-state index in [4.69, 9.17) is 0 Å². The first-order valence-corrected chi connectivity index (χ1v) is 6.09. The molecular weight excluding hydrogens is 240 g/mol. The molecule has 0 radical (unpaired) electrons. The third-order valence-electron chi connectivity index (χ3n) is 2.41. The van der Waals surface area contributed by atoms with Crippen LogP contribution in [0.2, 0.25) is 0 Å².